The number of thiophene rings is 1. The van der Waals surface area contributed by atoms with Gasteiger partial charge in [-0.25, -0.2) is 0 Å². The highest BCUT2D eigenvalue weighted by molar-refractivity contribution is 7.14. The van der Waals surface area contributed by atoms with Gasteiger partial charge in [-0.2, -0.15) is 0 Å². The molecule has 0 unspecified atom stereocenters. The van der Waals surface area contributed by atoms with Crippen LogP contribution in [0.2, 0.25) is 0 Å². The van der Waals surface area contributed by atoms with Crippen molar-refractivity contribution in [1.29, 1.82) is 0 Å². The van der Waals surface area contributed by atoms with Crippen molar-refractivity contribution in [1.82, 2.24) is 10.2 Å². The predicted molar refractivity (Wildman–Crippen MR) is 79.1 cm³/mol. The van der Waals surface area contributed by atoms with Crippen molar-refractivity contribution in [2.75, 3.05) is 11.9 Å². The summed E-state index contributed by atoms with van der Waals surface area (Å²) in [5.41, 5.74) is 0.671. The molecular formula is C14H17N3O3S. The van der Waals surface area contributed by atoms with Crippen molar-refractivity contribution >= 4 is 34.1 Å². The van der Waals surface area contributed by atoms with Crippen molar-refractivity contribution in [3.63, 3.8) is 0 Å². The summed E-state index contributed by atoms with van der Waals surface area (Å²) in [5.74, 6) is -0.782. The maximum atomic E-state index is 12.6. The van der Waals surface area contributed by atoms with Crippen LogP contribution in [0.4, 0.5) is 5.00 Å². The van der Waals surface area contributed by atoms with Gasteiger partial charge in [-0.15, -0.1) is 11.3 Å². The molecule has 1 fully saturated rings. The number of hydrogen-bond donors (Lipinski definition) is 2. The molecule has 0 aliphatic carbocycles. The molecule has 3 rings (SSSR count). The summed E-state index contributed by atoms with van der Waals surface area (Å²) < 4.78 is 0. The van der Waals surface area contributed by atoms with Gasteiger partial charge in [0.25, 0.3) is 11.8 Å². The molecule has 112 valence electrons. The molecule has 3 amide bonds. The van der Waals surface area contributed by atoms with Gasteiger partial charge in [-0.05, 0) is 20.3 Å². The van der Waals surface area contributed by atoms with E-state index in [4.69, 9.17) is 0 Å². The maximum Gasteiger partial charge on any atom is 0.256 e. The van der Waals surface area contributed by atoms with Crippen LogP contribution in [0, 0.1) is 0 Å². The summed E-state index contributed by atoms with van der Waals surface area (Å²) in [5, 5.41) is 8.41. The van der Waals surface area contributed by atoms with Crippen LogP contribution in [0.1, 0.15) is 42.6 Å². The van der Waals surface area contributed by atoms with Crippen LogP contribution in [0.3, 0.4) is 0 Å². The van der Waals surface area contributed by atoms with Gasteiger partial charge in [0.15, 0.2) is 0 Å². The first-order valence-corrected chi connectivity index (χ1v) is 7.86. The lowest BCUT2D eigenvalue weighted by Gasteiger charge is -2.39. The van der Waals surface area contributed by atoms with Gasteiger partial charge < -0.3 is 10.2 Å². The lowest BCUT2D eigenvalue weighted by Crippen LogP contribution is -2.61. The number of nitrogens with zero attached hydrogens (tertiary/aromatic N) is 1. The zero-order chi connectivity index (χ0) is 15.2. The first kappa shape index (κ1) is 14.1. The van der Waals surface area contributed by atoms with E-state index in [0.717, 1.165) is 17.1 Å². The highest BCUT2D eigenvalue weighted by Gasteiger charge is 2.49. The van der Waals surface area contributed by atoms with E-state index in [1.165, 1.54) is 11.3 Å². The molecular weight excluding hydrogens is 290 g/mol. The van der Waals surface area contributed by atoms with E-state index < -0.39 is 5.54 Å². The van der Waals surface area contributed by atoms with Crippen LogP contribution < -0.4 is 10.6 Å². The van der Waals surface area contributed by atoms with Gasteiger partial charge in [0.2, 0.25) is 5.91 Å². The van der Waals surface area contributed by atoms with E-state index in [-0.39, 0.29) is 24.1 Å². The second-order valence-corrected chi connectivity index (χ2v) is 6.41. The molecule has 2 aliphatic heterocycles. The van der Waals surface area contributed by atoms with Gasteiger partial charge >= 0.3 is 0 Å². The van der Waals surface area contributed by atoms with Gasteiger partial charge in [0, 0.05) is 23.9 Å². The number of fused-ring (bicyclic) bond motifs is 1. The lowest BCUT2D eigenvalue weighted by atomic mass is 9.89. The Balaban J connectivity index is 1.90. The van der Waals surface area contributed by atoms with Crippen LogP contribution in [0.25, 0.3) is 0 Å². The summed E-state index contributed by atoms with van der Waals surface area (Å²) in [4.78, 5) is 37.7. The largest absolute Gasteiger partial charge is 0.377 e. The number of imide groups is 1. The molecule has 0 radical (unpaired) electrons. The summed E-state index contributed by atoms with van der Waals surface area (Å²) in [7, 11) is 0. The van der Waals surface area contributed by atoms with Gasteiger partial charge in [-0.3, -0.25) is 19.7 Å². The molecule has 2 N–H and O–H groups in total. The van der Waals surface area contributed by atoms with E-state index in [1.807, 2.05) is 12.3 Å². The average Bonchev–Trinajstić information content (AvgIpc) is 2.97. The topological polar surface area (TPSA) is 78.5 Å². The maximum absolute atomic E-state index is 12.6. The molecule has 2 aliphatic rings. The molecule has 0 bridgehead atoms. The Kier molecular flexibility index (Phi) is 3.24. The minimum Gasteiger partial charge on any atom is -0.377 e. The highest BCUT2D eigenvalue weighted by atomic mass is 32.1. The SMILES string of the molecule is CCNc1scc2c1CN([C@@]1(C)CCC(=O)NC1=O)C2=O. The third-order valence-corrected chi connectivity index (χ3v) is 5.18. The monoisotopic (exact) mass is 307 g/mol. The normalized spacial score (nSPS) is 25.0. The van der Waals surface area contributed by atoms with Crippen molar-refractivity contribution in [3.8, 4) is 0 Å². The van der Waals surface area contributed by atoms with Crippen molar-refractivity contribution in [3.05, 3.63) is 16.5 Å². The molecule has 0 spiro atoms. The first-order valence-electron chi connectivity index (χ1n) is 6.98. The third kappa shape index (κ3) is 2.03. The minimum absolute atomic E-state index is 0.127. The Morgan fingerprint density at radius 2 is 2.19 bits per heavy atom. The Hall–Kier alpha value is -1.89. The second kappa shape index (κ2) is 4.84. The molecule has 3 heterocycles. The van der Waals surface area contributed by atoms with Crippen LogP contribution >= 0.6 is 11.3 Å². The zero-order valence-electron chi connectivity index (χ0n) is 12.0. The molecule has 0 aromatic carbocycles. The number of rotatable bonds is 3. The highest BCUT2D eigenvalue weighted by Crippen LogP contribution is 2.40. The molecule has 21 heavy (non-hydrogen) atoms. The van der Waals surface area contributed by atoms with E-state index in [0.29, 0.717) is 18.5 Å². The number of carbonyl (C=O) groups excluding carboxylic acids is 3. The third-order valence-electron chi connectivity index (χ3n) is 4.20. The number of amides is 3. The number of carbonyl (C=O) groups is 3. The summed E-state index contributed by atoms with van der Waals surface area (Å²) in [6, 6.07) is 0. The Morgan fingerprint density at radius 1 is 1.43 bits per heavy atom. The Labute approximate surface area is 126 Å². The first-order chi connectivity index (χ1) is 9.97. The minimum atomic E-state index is -0.953. The lowest BCUT2D eigenvalue weighted by molar-refractivity contribution is -0.142. The second-order valence-electron chi connectivity index (χ2n) is 5.53. The number of piperidine rings is 1. The number of anilines is 1. The molecule has 6 nitrogen and oxygen atoms in total. The average molecular weight is 307 g/mol. The van der Waals surface area contributed by atoms with Gasteiger partial charge in [-0.1, -0.05) is 0 Å². The van der Waals surface area contributed by atoms with Crippen LogP contribution in [-0.4, -0.2) is 34.7 Å². The van der Waals surface area contributed by atoms with Gasteiger partial charge in [0.05, 0.1) is 17.1 Å². The summed E-state index contributed by atoms with van der Waals surface area (Å²) in [6.45, 7) is 4.93. The number of hydrogen-bond acceptors (Lipinski definition) is 5. The Morgan fingerprint density at radius 3 is 2.86 bits per heavy atom. The molecule has 1 aromatic heterocycles. The summed E-state index contributed by atoms with van der Waals surface area (Å²) >= 11 is 1.52. The molecule has 1 aromatic rings. The van der Waals surface area contributed by atoms with Crippen LogP contribution in [0.5, 0.6) is 0 Å². The standard InChI is InChI=1S/C14H17N3O3S/c1-3-15-11-8-6-17(12(19)9(8)7-21-11)14(2)5-4-10(18)16-13(14)20/h7,15H,3-6H2,1-2H3,(H,16,18,20)/t14-/m0/s1. The van der Waals surface area contributed by atoms with E-state index >= 15 is 0 Å². The summed E-state index contributed by atoms with van der Waals surface area (Å²) in [6.07, 6.45) is 0.632. The molecule has 0 saturated carbocycles. The fourth-order valence-electron chi connectivity index (χ4n) is 2.85. The molecule has 1 atom stereocenters. The quantitative estimate of drug-likeness (QED) is 0.826. The van der Waals surface area contributed by atoms with Crippen molar-refractivity contribution in [2.45, 2.75) is 38.8 Å². The van der Waals surface area contributed by atoms with E-state index in [1.54, 1.807) is 11.8 Å². The molecule has 1 saturated heterocycles. The van der Waals surface area contributed by atoms with E-state index in [9.17, 15) is 14.4 Å². The Bertz CT molecular complexity index is 639. The smallest absolute Gasteiger partial charge is 0.256 e. The zero-order valence-corrected chi connectivity index (χ0v) is 12.8. The van der Waals surface area contributed by atoms with E-state index in [2.05, 4.69) is 10.6 Å². The van der Waals surface area contributed by atoms with Crippen LogP contribution in [0.15, 0.2) is 5.38 Å². The van der Waals surface area contributed by atoms with Gasteiger partial charge in [0.1, 0.15) is 5.54 Å². The van der Waals surface area contributed by atoms with Crippen LogP contribution in [-0.2, 0) is 16.1 Å². The fraction of sp³-hybridized carbons (Fsp3) is 0.500. The fourth-order valence-corrected chi connectivity index (χ4v) is 3.88. The van der Waals surface area contributed by atoms with Crippen molar-refractivity contribution in [2.24, 2.45) is 0 Å². The molecule has 7 heteroatoms. The number of nitrogens with one attached hydrogen (secondary N) is 2. The van der Waals surface area contributed by atoms with Crippen molar-refractivity contribution < 1.29 is 14.4 Å². The predicted octanol–water partition coefficient (Wildman–Crippen LogP) is 1.33.